The van der Waals surface area contributed by atoms with Crippen molar-refractivity contribution in [2.75, 3.05) is 20.3 Å². The zero-order chi connectivity index (χ0) is 25.5. The summed E-state index contributed by atoms with van der Waals surface area (Å²) in [6.45, 7) is -0.945. The van der Waals surface area contributed by atoms with Gasteiger partial charge in [-0.1, -0.05) is 6.07 Å². The lowest BCUT2D eigenvalue weighted by Crippen LogP contribution is -2.29. The van der Waals surface area contributed by atoms with Crippen molar-refractivity contribution < 1.29 is 52.8 Å². The van der Waals surface area contributed by atoms with Gasteiger partial charge in [0.2, 0.25) is 0 Å². The number of phenolic OH excluding ortho intramolecular Hbond substituents is 3. The number of rotatable bonds is 13. The topological polar surface area (TPSA) is 191 Å². The molecule has 12 heteroatoms. The van der Waals surface area contributed by atoms with Crippen LogP contribution >= 0.6 is 0 Å². The monoisotopic (exact) mass is 500 g/mol. The van der Waals surface area contributed by atoms with Gasteiger partial charge in [0, 0.05) is 25.0 Å². The maximum absolute atomic E-state index is 12.5. The van der Waals surface area contributed by atoms with Crippen LogP contribution in [-0.2, 0) is 16.5 Å². The summed E-state index contributed by atoms with van der Waals surface area (Å²) < 4.78 is 42.4. The molecular formula is C22H28O11S. The van der Waals surface area contributed by atoms with Crippen molar-refractivity contribution in [2.45, 2.75) is 37.0 Å². The van der Waals surface area contributed by atoms with Crippen LogP contribution < -0.4 is 9.47 Å². The van der Waals surface area contributed by atoms with Crippen LogP contribution in [0.1, 0.15) is 35.2 Å². The van der Waals surface area contributed by atoms with E-state index in [1.165, 1.54) is 13.2 Å². The molecule has 0 heterocycles. The third kappa shape index (κ3) is 7.48. The first-order chi connectivity index (χ1) is 16.0. The number of Topliss-reactive ketones (excluding diaryl/α,β-unsaturated/α-hetero) is 1. The van der Waals surface area contributed by atoms with Gasteiger partial charge in [-0.2, -0.15) is 8.42 Å². The summed E-state index contributed by atoms with van der Waals surface area (Å²) >= 11 is 0. The van der Waals surface area contributed by atoms with Crippen molar-refractivity contribution in [3.8, 4) is 28.7 Å². The third-order valence-electron chi connectivity index (χ3n) is 5.11. The standard InChI is InChI=1S/C22H28O11S/c1-32-21-5-3-13(8-18(21)26)2-4-17(25)22-19(27)10-15(11-20(22)28)33-7-6-16(34(29,30)31)9-14(24)12-23/h3,5,8,10-11,14,16,23-24,26-28H,2,4,6-7,9,12H2,1H3,(H,29,30,31)/t14-,16+/m1/s1. The number of aliphatic hydroxyl groups excluding tert-OH is 2. The quantitative estimate of drug-likeness (QED) is 0.172. The van der Waals surface area contributed by atoms with Crippen molar-refractivity contribution in [1.29, 1.82) is 0 Å². The fourth-order valence-electron chi connectivity index (χ4n) is 3.30. The highest BCUT2D eigenvalue weighted by molar-refractivity contribution is 7.86. The molecule has 0 saturated heterocycles. The van der Waals surface area contributed by atoms with Crippen LogP contribution in [-0.4, -0.2) is 76.0 Å². The van der Waals surface area contributed by atoms with Crippen LogP contribution in [0.15, 0.2) is 30.3 Å². The predicted octanol–water partition coefficient (Wildman–Crippen LogP) is 1.40. The highest BCUT2D eigenvalue weighted by Crippen LogP contribution is 2.34. The van der Waals surface area contributed by atoms with Crippen LogP contribution in [0.2, 0.25) is 0 Å². The van der Waals surface area contributed by atoms with Gasteiger partial charge in [0.1, 0.15) is 22.8 Å². The number of methoxy groups -OCH3 is 1. The molecule has 0 spiro atoms. The van der Waals surface area contributed by atoms with Crippen LogP contribution in [0.3, 0.4) is 0 Å². The zero-order valence-electron chi connectivity index (χ0n) is 18.4. The van der Waals surface area contributed by atoms with Crippen LogP contribution in [0.5, 0.6) is 28.7 Å². The van der Waals surface area contributed by atoms with Crippen molar-refractivity contribution in [3.05, 3.63) is 41.5 Å². The van der Waals surface area contributed by atoms with Gasteiger partial charge < -0.3 is 35.0 Å². The second-order valence-corrected chi connectivity index (χ2v) is 9.31. The van der Waals surface area contributed by atoms with E-state index in [0.29, 0.717) is 5.56 Å². The van der Waals surface area contributed by atoms with Crippen LogP contribution in [0.4, 0.5) is 0 Å². The Kier molecular flexibility index (Phi) is 9.50. The van der Waals surface area contributed by atoms with Crippen molar-refractivity contribution in [2.24, 2.45) is 0 Å². The molecule has 0 amide bonds. The van der Waals surface area contributed by atoms with Gasteiger partial charge >= 0.3 is 0 Å². The molecule has 2 rings (SSSR count). The molecule has 0 unspecified atom stereocenters. The number of ketones is 1. The first-order valence-electron chi connectivity index (χ1n) is 10.3. The highest BCUT2D eigenvalue weighted by atomic mass is 32.2. The Bertz CT molecular complexity index is 1080. The molecule has 0 aliphatic heterocycles. The number of phenols is 3. The van der Waals surface area contributed by atoms with E-state index in [2.05, 4.69) is 0 Å². The molecular weight excluding hydrogens is 472 g/mol. The van der Waals surface area contributed by atoms with E-state index in [9.17, 15) is 38.2 Å². The lowest BCUT2D eigenvalue weighted by Gasteiger charge is -2.17. The molecule has 6 N–H and O–H groups in total. The third-order valence-corrected chi connectivity index (χ3v) is 6.38. The number of aryl methyl sites for hydroxylation is 1. The highest BCUT2D eigenvalue weighted by Gasteiger charge is 2.26. The normalized spacial score (nSPS) is 13.3. The summed E-state index contributed by atoms with van der Waals surface area (Å²) in [5, 5.41) is 47.2. The number of benzene rings is 2. The average molecular weight is 501 g/mol. The Morgan fingerprint density at radius 3 is 2.24 bits per heavy atom. The molecule has 0 fully saturated rings. The molecule has 0 aromatic heterocycles. The summed E-state index contributed by atoms with van der Waals surface area (Å²) in [6, 6.07) is 6.83. The lowest BCUT2D eigenvalue weighted by molar-refractivity contribution is 0.0851. The van der Waals surface area contributed by atoms with Crippen molar-refractivity contribution >= 4 is 15.9 Å². The van der Waals surface area contributed by atoms with Gasteiger partial charge in [-0.05, 0) is 30.5 Å². The second kappa shape index (κ2) is 11.9. The van der Waals surface area contributed by atoms with E-state index < -0.39 is 51.8 Å². The number of carbonyl (C=O) groups excluding carboxylic acids is 1. The molecule has 0 bridgehead atoms. The number of hydrogen-bond acceptors (Lipinski definition) is 10. The first-order valence-corrected chi connectivity index (χ1v) is 11.8. The number of aliphatic hydroxyl groups is 2. The molecule has 2 atom stereocenters. The van der Waals surface area contributed by atoms with E-state index in [-0.39, 0.29) is 48.7 Å². The Morgan fingerprint density at radius 1 is 1.06 bits per heavy atom. The summed E-state index contributed by atoms with van der Waals surface area (Å²) in [6.07, 6.45) is -1.84. The van der Waals surface area contributed by atoms with Gasteiger partial charge in [0.15, 0.2) is 17.3 Å². The minimum absolute atomic E-state index is 0.0524. The fourth-order valence-corrected chi connectivity index (χ4v) is 4.16. The van der Waals surface area contributed by atoms with Gasteiger partial charge in [-0.25, -0.2) is 0 Å². The summed E-state index contributed by atoms with van der Waals surface area (Å²) in [5.41, 5.74) is 0.331. The summed E-state index contributed by atoms with van der Waals surface area (Å²) in [7, 11) is -3.10. The number of hydrogen-bond donors (Lipinski definition) is 6. The number of carbonyl (C=O) groups is 1. The molecule has 2 aromatic carbocycles. The van der Waals surface area contributed by atoms with Gasteiger partial charge in [0.25, 0.3) is 10.1 Å². The van der Waals surface area contributed by atoms with E-state index in [4.69, 9.17) is 14.6 Å². The van der Waals surface area contributed by atoms with Gasteiger partial charge in [-0.3, -0.25) is 9.35 Å². The number of ether oxygens (including phenoxy) is 2. The van der Waals surface area contributed by atoms with Crippen molar-refractivity contribution in [1.82, 2.24) is 0 Å². The second-order valence-electron chi connectivity index (χ2n) is 7.61. The average Bonchev–Trinajstić information content (AvgIpc) is 2.75. The van der Waals surface area contributed by atoms with Crippen LogP contribution in [0, 0.1) is 0 Å². The largest absolute Gasteiger partial charge is 0.507 e. The lowest BCUT2D eigenvalue weighted by atomic mass is 10.0. The van der Waals surface area contributed by atoms with Gasteiger partial charge in [-0.15, -0.1) is 0 Å². The maximum atomic E-state index is 12.5. The van der Waals surface area contributed by atoms with E-state index in [1.807, 2.05) is 0 Å². The van der Waals surface area contributed by atoms with E-state index in [0.717, 1.165) is 12.1 Å². The fraction of sp³-hybridized carbons (Fsp3) is 0.409. The first kappa shape index (κ1) is 27.2. The minimum Gasteiger partial charge on any atom is -0.507 e. The summed E-state index contributed by atoms with van der Waals surface area (Å²) in [5.74, 6) is -1.49. The smallest absolute Gasteiger partial charge is 0.267 e. The molecule has 11 nitrogen and oxygen atoms in total. The minimum atomic E-state index is -4.51. The Hall–Kier alpha value is -3.06. The Balaban J connectivity index is 2.02. The molecule has 188 valence electrons. The predicted molar refractivity (Wildman–Crippen MR) is 120 cm³/mol. The molecule has 0 saturated carbocycles. The molecule has 0 aliphatic rings. The van der Waals surface area contributed by atoms with Crippen molar-refractivity contribution in [3.63, 3.8) is 0 Å². The van der Waals surface area contributed by atoms with E-state index in [1.54, 1.807) is 12.1 Å². The Morgan fingerprint density at radius 2 is 1.71 bits per heavy atom. The SMILES string of the molecule is COc1ccc(CCC(=O)c2c(O)cc(OCC[C@@H](C[C@@H](O)CO)S(=O)(=O)O)cc2O)cc1O. The Labute approximate surface area is 196 Å². The summed E-state index contributed by atoms with van der Waals surface area (Å²) in [4.78, 5) is 12.5. The van der Waals surface area contributed by atoms with E-state index >= 15 is 0 Å². The zero-order valence-corrected chi connectivity index (χ0v) is 19.2. The van der Waals surface area contributed by atoms with Gasteiger partial charge in [0.05, 0.1) is 31.7 Å². The van der Waals surface area contributed by atoms with Crippen LogP contribution in [0.25, 0.3) is 0 Å². The molecule has 0 radical (unpaired) electrons. The maximum Gasteiger partial charge on any atom is 0.267 e. The molecule has 34 heavy (non-hydrogen) atoms. The molecule has 0 aliphatic carbocycles. The molecule has 2 aromatic rings. The number of aromatic hydroxyl groups is 3.